The van der Waals surface area contributed by atoms with Crippen molar-refractivity contribution in [3.63, 3.8) is 0 Å². The molecule has 0 bridgehead atoms. The Bertz CT molecular complexity index is 2380. The van der Waals surface area contributed by atoms with Crippen molar-refractivity contribution in [3.8, 4) is 0 Å². The summed E-state index contributed by atoms with van der Waals surface area (Å²) in [6.45, 7) is 0. The minimum absolute atomic E-state index is 0.274. The third kappa shape index (κ3) is 5.26. The molecule has 0 radical (unpaired) electrons. The van der Waals surface area contributed by atoms with Gasteiger partial charge < -0.3 is 13.3 Å². The Kier molecular flexibility index (Phi) is 7.21. The zero-order valence-electron chi connectivity index (χ0n) is 23.8. The summed E-state index contributed by atoms with van der Waals surface area (Å²) in [5.41, 5.74) is 1.10. The molecule has 0 N–H and O–H groups in total. The zero-order chi connectivity index (χ0) is 30.8. The first-order valence-corrected chi connectivity index (χ1v) is 14.3. The van der Waals surface area contributed by atoms with Crippen LogP contribution in [0.25, 0.3) is 65.2 Å². The van der Waals surface area contributed by atoms with Gasteiger partial charge in [-0.1, -0.05) is 109 Å². The predicted molar refractivity (Wildman–Crippen MR) is 180 cm³/mol. The summed E-state index contributed by atoms with van der Waals surface area (Å²) in [7, 11) is 0. The molecule has 0 aliphatic rings. The van der Waals surface area contributed by atoms with E-state index in [4.69, 9.17) is 13.3 Å². The number of benzene rings is 6. The molecule has 0 aliphatic heterocycles. The molecule has 0 atom stereocenters. The molecule has 3 heterocycles. The van der Waals surface area contributed by atoms with Crippen LogP contribution in [-0.2, 0) is 0 Å². The summed E-state index contributed by atoms with van der Waals surface area (Å²) in [4.78, 5) is 34.9. The van der Waals surface area contributed by atoms with Gasteiger partial charge in [-0.05, 0) is 52.6 Å². The van der Waals surface area contributed by atoms with E-state index < -0.39 is 0 Å². The van der Waals surface area contributed by atoms with Gasteiger partial charge in [-0.2, -0.15) is 0 Å². The monoisotopic (exact) mass is 588 g/mol. The molecule has 0 saturated carbocycles. The van der Waals surface area contributed by atoms with E-state index in [9.17, 15) is 14.4 Å². The van der Waals surface area contributed by atoms with Crippen LogP contribution in [0.5, 0.6) is 0 Å². The second-order valence-corrected chi connectivity index (χ2v) is 10.3. The maximum Gasteiger partial charge on any atom is 0.344 e. The van der Waals surface area contributed by atoms with Crippen LogP contribution in [0, 0.1) is 0 Å². The average molecular weight is 589 g/mol. The minimum Gasteiger partial charge on any atom is -0.422 e. The fraction of sp³-hybridized carbons (Fsp3) is 0. The Morgan fingerprint density at radius 3 is 0.711 bits per heavy atom. The Morgan fingerprint density at radius 2 is 0.444 bits per heavy atom. The molecule has 6 heteroatoms. The van der Waals surface area contributed by atoms with E-state index >= 15 is 0 Å². The van der Waals surface area contributed by atoms with Crippen molar-refractivity contribution in [2.24, 2.45) is 0 Å². The first-order valence-electron chi connectivity index (χ1n) is 14.3. The van der Waals surface area contributed by atoms with E-state index in [0.717, 1.165) is 32.3 Å². The van der Waals surface area contributed by atoms with Crippen molar-refractivity contribution in [1.82, 2.24) is 0 Å². The highest BCUT2D eigenvalue weighted by molar-refractivity contribution is 6.05. The lowest BCUT2D eigenvalue weighted by Gasteiger charge is -2.00. The Labute approximate surface area is 255 Å². The van der Waals surface area contributed by atoms with Crippen LogP contribution < -0.4 is 16.9 Å². The predicted octanol–water partition coefficient (Wildman–Crippen LogP) is 8.84. The largest absolute Gasteiger partial charge is 0.422 e. The van der Waals surface area contributed by atoms with Gasteiger partial charge in [0.2, 0.25) is 0 Å². The van der Waals surface area contributed by atoms with Gasteiger partial charge in [0.1, 0.15) is 16.7 Å². The molecule has 0 fully saturated rings. The van der Waals surface area contributed by atoms with Gasteiger partial charge in [0.15, 0.2) is 0 Å². The molecule has 0 aliphatic carbocycles. The second kappa shape index (κ2) is 11.8. The maximum absolute atomic E-state index is 11.6. The Hall–Kier alpha value is -6.27. The lowest BCUT2D eigenvalue weighted by molar-refractivity contribution is 0.569. The second-order valence-electron chi connectivity index (χ2n) is 10.3. The summed E-state index contributed by atoms with van der Waals surface area (Å²) >= 11 is 0. The van der Waals surface area contributed by atoms with E-state index in [1.807, 2.05) is 127 Å². The quantitative estimate of drug-likeness (QED) is 0.130. The number of fused-ring (bicyclic) bond motifs is 9. The minimum atomic E-state index is -0.274. The van der Waals surface area contributed by atoms with Crippen molar-refractivity contribution in [2.75, 3.05) is 0 Å². The summed E-state index contributed by atoms with van der Waals surface area (Å²) in [5.74, 6) is 0. The Balaban J connectivity index is 0.000000108. The van der Waals surface area contributed by atoms with Crippen LogP contribution in [0.2, 0.25) is 0 Å². The number of para-hydroxylation sites is 3. The fourth-order valence-corrected chi connectivity index (χ4v) is 5.49. The van der Waals surface area contributed by atoms with Crippen molar-refractivity contribution >= 4 is 65.2 Å². The first-order chi connectivity index (χ1) is 22.1. The molecule has 216 valence electrons. The van der Waals surface area contributed by atoms with Gasteiger partial charge in [-0.25, -0.2) is 14.4 Å². The highest BCUT2D eigenvalue weighted by Gasteiger charge is 2.07. The average Bonchev–Trinajstić information content (AvgIpc) is 3.09. The van der Waals surface area contributed by atoms with Crippen LogP contribution in [0.4, 0.5) is 0 Å². The summed E-state index contributed by atoms with van der Waals surface area (Å²) < 4.78 is 15.7. The smallest absolute Gasteiger partial charge is 0.344 e. The third-order valence-electron chi connectivity index (χ3n) is 7.58. The molecular formula is C39H24O6. The van der Waals surface area contributed by atoms with E-state index in [1.54, 1.807) is 18.2 Å². The normalized spacial score (nSPS) is 10.9. The number of hydrogen-bond acceptors (Lipinski definition) is 6. The van der Waals surface area contributed by atoms with Gasteiger partial charge >= 0.3 is 16.9 Å². The zero-order valence-corrected chi connectivity index (χ0v) is 23.8. The highest BCUT2D eigenvalue weighted by atomic mass is 16.4. The summed E-state index contributed by atoms with van der Waals surface area (Å²) in [6, 6.07) is 45.2. The van der Waals surface area contributed by atoms with Crippen molar-refractivity contribution in [3.05, 3.63) is 177 Å². The molecule has 3 aromatic heterocycles. The maximum atomic E-state index is 11.6. The van der Waals surface area contributed by atoms with Gasteiger partial charge in [0.05, 0.1) is 16.2 Å². The van der Waals surface area contributed by atoms with E-state index in [1.165, 1.54) is 0 Å². The van der Waals surface area contributed by atoms with Crippen LogP contribution in [0.15, 0.2) is 173 Å². The summed E-state index contributed by atoms with van der Waals surface area (Å²) in [5, 5.41) is 7.69. The lowest BCUT2D eigenvalue weighted by atomic mass is 10.1. The van der Waals surface area contributed by atoms with Crippen LogP contribution in [-0.4, -0.2) is 0 Å². The molecule has 0 unspecified atom stereocenters. The molecular weight excluding hydrogens is 564 g/mol. The molecule has 9 aromatic rings. The van der Waals surface area contributed by atoms with Crippen molar-refractivity contribution in [2.45, 2.75) is 0 Å². The summed E-state index contributed by atoms with van der Waals surface area (Å²) in [6.07, 6.45) is 0. The van der Waals surface area contributed by atoms with E-state index in [-0.39, 0.29) is 16.9 Å². The molecule has 0 saturated heterocycles. The van der Waals surface area contributed by atoms with Gasteiger partial charge in [-0.15, -0.1) is 0 Å². The molecule has 0 spiro atoms. The Morgan fingerprint density at radius 1 is 0.244 bits per heavy atom. The molecule has 0 amide bonds. The topological polar surface area (TPSA) is 90.6 Å². The SMILES string of the molecule is O=c1oc2ccccc2c2ccccc12.O=c1oc2ccccc2c2ccccc12.O=c1oc2ccccc2c2ccccc12. The fourth-order valence-electron chi connectivity index (χ4n) is 5.49. The van der Waals surface area contributed by atoms with Crippen molar-refractivity contribution < 1.29 is 13.3 Å². The molecule has 6 nitrogen and oxygen atoms in total. The molecule has 9 rings (SSSR count). The van der Waals surface area contributed by atoms with Crippen molar-refractivity contribution in [1.29, 1.82) is 0 Å². The van der Waals surface area contributed by atoms with E-state index in [0.29, 0.717) is 32.9 Å². The van der Waals surface area contributed by atoms with Gasteiger partial charge in [-0.3, -0.25) is 0 Å². The molecule has 6 aromatic carbocycles. The van der Waals surface area contributed by atoms with Crippen LogP contribution in [0.1, 0.15) is 0 Å². The first kappa shape index (κ1) is 27.6. The number of rotatable bonds is 0. The van der Waals surface area contributed by atoms with Gasteiger partial charge in [0.25, 0.3) is 0 Å². The third-order valence-corrected chi connectivity index (χ3v) is 7.58. The van der Waals surface area contributed by atoms with E-state index in [2.05, 4.69) is 0 Å². The van der Waals surface area contributed by atoms with Crippen LogP contribution in [0.3, 0.4) is 0 Å². The number of hydrogen-bond donors (Lipinski definition) is 0. The van der Waals surface area contributed by atoms with Crippen LogP contribution >= 0.6 is 0 Å². The standard InChI is InChI=1S/3C13H8O2/c3*14-13-11-7-2-1-5-9(11)10-6-3-4-8-12(10)15-13/h3*1-8H. The highest BCUT2D eigenvalue weighted by Crippen LogP contribution is 2.24. The lowest BCUT2D eigenvalue weighted by Crippen LogP contribution is -1.98. The van der Waals surface area contributed by atoms with Gasteiger partial charge in [0, 0.05) is 16.2 Å². The molecule has 45 heavy (non-hydrogen) atoms.